The number of nitrogens with zero attached hydrogens (tertiary/aromatic N) is 2. The Labute approximate surface area is 199 Å². The fourth-order valence-corrected chi connectivity index (χ4v) is 4.03. The van der Waals surface area contributed by atoms with E-state index >= 15 is 0 Å². The molecule has 3 aromatic carbocycles. The van der Waals surface area contributed by atoms with E-state index < -0.39 is 5.82 Å². The lowest BCUT2D eigenvalue weighted by molar-refractivity contribution is 0.0949. The largest absolute Gasteiger partial charge is 0.493 e. The molecule has 0 saturated carbocycles. The topological polar surface area (TPSA) is 56.1 Å². The van der Waals surface area contributed by atoms with Crippen molar-refractivity contribution in [1.29, 1.82) is 0 Å². The molecular weight excluding hydrogens is 429 g/mol. The van der Waals surface area contributed by atoms with Crippen LogP contribution in [0.2, 0.25) is 0 Å². The number of carbonyl (C=O) groups excluding carboxylic acids is 1. The number of para-hydroxylation sites is 3. The van der Waals surface area contributed by atoms with Crippen LogP contribution in [0.3, 0.4) is 0 Å². The van der Waals surface area contributed by atoms with Gasteiger partial charge in [0.05, 0.1) is 23.2 Å². The van der Waals surface area contributed by atoms with Gasteiger partial charge in [0.15, 0.2) is 0 Å². The molecule has 0 aliphatic rings. The third-order valence-corrected chi connectivity index (χ3v) is 5.84. The van der Waals surface area contributed by atoms with Crippen LogP contribution in [0, 0.1) is 12.7 Å². The van der Waals surface area contributed by atoms with Crippen LogP contribution in [0.25, 0.3) is 11.0 Å². The Morgan fingerprint density at radius 1 is 0.971 bits per heavy atom. The number of benzene rings is 3. The average Bonchev–Trinajstić information content (AvgIpc) is 3.20. The van der Waals surface area contributed by atoms with Crippen molar-refractivity contribution in [3.8, 4) is 5.75 Å². The molecule has 6 heteroatoms. The number of hydrogen-bond donors (Lipinski definition) is 1. The van der Waals surface area contributed by atoms with Gasteiger partial charge in [-0.2, -0.15) is 0 Å². The first kappa shape index (κ1) is 23.5. The van der Waals surface area contributed by atoms with E-state index in [9.17, 15) is 9.18 Å². The van der Waals surface area contributed by atoms with Gasteiger partial charge in [0.1, 0.15) is 17.4 Å². The van der Waals surface area contributed by atoms with Crippen LogP contribution in [-0.4, -0.2) is 28.6 Å². The minimum absolute atomic E-state index is 0.0719. The first-order chi connectivity index (χ1) is 16.6. The predicted octanol–water partition coefficient (Wildman–Crippen LogP) is 5.71. The molecule has 0 bridgehead atoms. The predicted molar refractivity (Wildman–Crippen MR) is 133 cm³/mol. The lowest BCUT2D eigenvalue weighted by Gasteiger charge is -2.11. The first-order valence-electron chi connectivity index (χ1n) is 11.8. The van der Waals surface area contributed by atoms with Gasteiger partial charge in [0, 0.05) is 19.5 Å². The summed E-state index contributed by atoms with van der Waals surface area (Å²) in [7, 11) is 0. The molecular formula is C28H30FN3O2. The first-order valence-corrected chi connectivity index (χ1v) is 11.8. The molecule has 0 saturated heterocycles. The van der Waals surface area contributed by atoms with Crippen LogP contribution >= 0.6 is 0 Å². The molecule has 34 heavy (non-hydrogen) atoms. The van der Waals surface area contributed by atoms with E-state index in [2.05, 4.69) is 28.9 Å². The van der Waals surface area contributed by atoms with Gasteiger partial charge in [-0.3, -0.25) is 4.79 Å². The molecule has 0 spiro atoms. The zero-order valence-corrected chi connectivity index (χ0v) is 19.5. The van der Waals surface area contributed by atoms with Gasteiger partial charge in [0.2, 0.25) is 0 Å². The van der Waals surface area contributed by atoms with E-state index in [0.29, 0.717) is 13.2 Å². The summed E-state index contributed by atoms with van der Waals surface area (Å²) in [6.07, 6.45) is 3.37. The number of imidazole rings is 1. The van der Waals surface area contributed by atoms with Gasteiger partial charge in [-0.05, 0) is 62.1 Å². The number of carbonyl (C=O) groups is 1. The maximum atomic E-state index is 13.8. The zero-order chi connectivity index (χ0) is 23.8. The zero-order valence-electron chi connectivity index (χ0n) is 19.5. The normalized spacial score (nSPS) is 11.0. The molecule has 1 aromatic heterocycles. The van der Waals surface area contributed by atoms with Crippen LogP contribution < -0.4 is 10.1 Å². The maximum absolute atomic E-state index is 13.8. The third kappa shape index (κ3) is 5.81. The molecule has 1 N–H and O–H groups in total. The molecule has 1 heterocycles. The number of aryl methyl sites for hydroxylation is 3. The van der Waals surface area contributed by atoms with Crippen molar-refractivity contribution in [2.45, 2.75) is 39.2 Å². The van der Waals surface area contributed by atoms with Crippen LogP contribution in [-0.2, 0) is 13.0 Å². The quantitative estimate of drug-likeness (QED) is 0.293. The van der Waals surface area contributed by atoms with Crippen LogP contribution in [0.15, 0.2) is 72.8 Å². The summed E-state index contributed by atoms with van der Waals surface area (Å²) in [5.41, 5.74) is 3.31. The highest BCUT2D eigenvalue weighted by Gasteiger charge is 2.12. The monoisotopic (exact) mass is 459 g/mol. The minimum atomic E-state index is -0.506. The molecule has 1 amide bonds. The van der Waals surface area contributed by atoms with Crippen LogP contribution in [0.1, 0.15) is 41.0 Å². The highest BCUT2D eigenvalue weighted by atomic mass is 19.1. The van der Waals surface area contributed by atoms with Crippen molar-refractivity contribution in [2.24, 2.45) is 0 Å². The van der Waals surface area contributed by atoms with Crippen molar-refractivity contribution in [3.05, 3.63) is 95.6 Å². The van der Waals surface area contributed by atoms with Crippen molar-refractivity contribution in [2.75, 3.05) is 13.2 Å². The Hall–Kier alpha value is -3.67. The smallest absolute Gasteiger partial charge is 0.254 e. The second kappa shape index (κ2) is 11.5. The van der Waals surface area contributed by atoms with Gasteiger partial charge in [0.25, 0.3) is 5.91 Å². The van der Waals surface area contributed by atoms with E-state index in [4.69, 9.17) is 9.72 Å². The number of amides is 1. The lowest BCUT2D eigenvalue weighted by Crippen LogP contribution is -2.25. The summed E-state index contributed by atoms with van der Waals surface area (Å²) < 4.78 is 22.0. The van der Waals surface area contributed by atoms with E-state index in [1.54, 1.807) is 12.1 Å². The Kier molecular flexibility index (Phi) is 7.91. The van der Waals surface area contributed by atoms with Crippen molar-refractivity contribution in [1.82, 2.24) is 14.9 Å². The summed E-state index contributed by atoms with van der Waals surface area (Å²) in [4.78, 5) is 17.0. The molecule has 0 radical (unpaired) electrons. The number of aromatic nitrogens is 2. The fraction of sp³-hybridized carbons (Fsp3) is 0.286. The fourth-order valence-electron chi connectivity index (χ4n) is 4.03. The maximum Gasteiger partial charge on any atom is 0.254 e. The van der Waals surface area contributed by atoms with E-state index in [0.717, 1.165) is 60.4 Å². The standard InChI is InChI=1S/C28H30FN3O2/c1-21-11-2-7-16-26(21)34-20-9-8-19-32-25-15-6-5-14-24(25)31-27(32)17-10-18-30-28(33)22-12-3-4-13-23(22)29/h2-7,11-16H,8-10,17-20H2,1H3,(H,30,33). The number of halogens is 1. The SMILES string of the molecule is Cc1ccccc1OCCCCn1c(CCCNC(=O)c2ccccc2F)nc2ccccc21. The van der Waals surface area contributed by atoms with E-state index in [-0.39, 0.29) is 11.5 Å². The lowest BCUT2D eigenvalue weighted by atomic mass is 10.2. The summed E-state index contributed by atoms with van der Waals surface area (Å²) in [6, 6.07) is 22.2. The van der Waals surface area contributed by atoms with Crippen molar-refractivity contribution in [3.63, 3.8) is 0 Å². The number of nitrogens with one attached hydrogen (secondary N) is 1. The van der Waals surface area contributed by atoms with Gasteiger partial charge in [-0.1, -0.05) is 42.5 Å². The molecule has 4 aromatic rings. The summed E-state index contributed by atoms with van der Waals surface area (Å²) in [5, 5.41) is 2.81. The molecule has 0 aliphatic carbocycles. The average molecular weight is 460 g/mol. The number of unbranched alkanes of at least 4 members (excludes halogenated alkanes) is 1. The molecule has 0 aliphatic heterocycles. The number of rotatable bonds is 11. The molecule has 0 unspecified atom stereocenters. The van der Waals surface area contributed by atoms with Gasteiger partial charge >= 0.3 is 0 Å². The second-order valence-electron chi connectivity index (χ2n) is 8.33. The van der Waals surface area contributed by atoms with E-state index in [1.165, 1.54) is 12.1 Å². The summed E-state index contributed by atoms with van der Waals surface area (Å²) >= 11 is 0. The highest BCUT2D eigenvalue weighted by molar-refractivity contribution is 5.94. The Balaban J connectivity index is 1.30. The molecule has 176 valence electrons. The Bertz CT molecular complexity index is 1250. The summed E-state index contributed by atoms with van der Waals surface area (Å²) in [5.74, 6) is 1.04. The van der Waals surface area contributed by atoms with Gasteiger partial charge < -0.3 is 14.6 Å². The Morgan fingerprint density at radius 3 is 2.59 bits per heavy atom. The van der Waals surface area contributed by atoms with Crippen LogP contribution in [0.4, 0.5) is 4.39 Å². The van der Waals surface area contributed by atoms with Crippen LogP contribution in [0.5, 0.6) is 5.75 Å². The molecule has 5 nitrogen and oxygen atoms in total. The second-order valence-corrected chi connectivity index (χ2v) is 8.33. The number of fused-ring (bicyclic) bond motifs is 1. The van der Waals surface area contributed by atoms with Gasteiger partial charge in [-0.25, -0.2) is 9.37 Å². The van der Waals surface area contributed by atoms with Crippen molar-refractivity contribution >= 4 is 16.9 Å². The summed E-state index contributed by atoms with van der Waals surface area (Å²) in [6.45, 7) is 4.04. The number of ether oxygens (including phenoxy) is 1. The van der Waals surface area contributed by atoms with Gasteiger partial charge in [-0.15, -0.1) is 0 Å². The number of hydrogen-bond acceptors (Lipinski definition) is 3. The van der Waals surface area contributed by atoms with Crippen molar-refractivity contribution < 1.29 is 13.9 Å². The molecule has 4 rings (SSSR count). The third-order valence-electron chi connectivity index (χ3n) is 5.84. The Morgan fingerprint density at radius 2 is 1.74 bits per heavy atom. The minimum Gasteiger partial charge on any atom is -0.493 e. The van der Waals surface area contributed by atoms with E-state index in [1.807, 2.05) is 36.4 Å². The molecule has 0 atom stereocenters. The molecule has 0 fully saturated rings. The highest BCUT2D eigenvalue weighted by Crippen LogP contribution is 2.19.